The Kier molecular flexibility index (Phi) is 4.43. The number of aryl methyl sites for hydroxylation is 1. The molecule has 2 aliphatic rings. The molecule has 30 heavy (non-hydrogen) atoms. The van der Waals surface area contributed by atoms with Gasteiger partial charge in [-0.25, -0.2) is 0 Å². The molecule has 3 aromatic carbocycles. The highest BCUT2D eigenvalue weighted by Crippen LogP contribution is 2.49. The first-order chi connectivity index (χ1) is 14.6. The lowest BCUT2D eigenvalue weighted by Crippen LogP contribution is -2.29. The Morgan fingerprint density at radius 2 is 1.70 bits per heavy atom. The van der Waals surface area contributed by atoms with Crippen LogP contribution in [-0.2, 0) is 16.6 Å². The number of hydrogen-bond acceptors (Lipinski definition) is 2. The third kappa shape index (κ3) is 3.18. The summed E-state index contributed by atoms with van der Waals surface area (Å²) in [6, 6.07) is 23.5. The fourth-order valence-electron chi connectivity index (χ4n) is 4.37. The molecule has 4 nitrogen and oxygen atoms in total. The molecule has 1 aliphatic heterocycles. The summed E-state index contributed by atoms with van der Waals surface area (Å²) in [7, 11) is 0. The van der Waals surface area contributed by atoms with Crippen molar-refractivity contribution < 1.29 is 9.59 Å². The van der Waals surface area contributed by atoms with Crippen molar-refractivity contribution in [2.24, 2.45) is 0 Å². The maximum Gasteiger partial charge on any atom is 0.258 e. The minimum Gasteiger partial charge on any atom is -0.325 e. The Bertz CT molecular complexity index is 1130. The minimum atomic E-state index is -0.417. The molecule has 1 fully saturated rings. The van der Waals surface area contributed by atoms with Crippen molar-refractivity contribution >= 4 is 23.2 Å². The summed E-state index contributed by atoms with van der Waals surface area (Å²) < 4.78 is 0. The maximum atomic E-state index is 13.0. The molecule has 0 aromatic heterocycles. The summed E-state index contributed by atoms with van der Waals surface area (Å²) in [5, 5.41) is 3.05. The Balaban J connectivity index is 1.30. The molecular weight excluding hydrogens is 372 g/mol. The van der Waals surface area contributed by atoms with Crippen molar-refractivity contribution in [2.45, 2.75) is 31.6 Å². The largest absolute Gasteiger partial charge is 0.325 e. The zero-order valence-electron chi connectivity index (χ0n) is 17.0. The molecule has 0 unspecified atom stereocenters. The van der Waals surface area contributed by atoms with Gasteiger partial charge in [-0.05, 0) is 67.6 Å². The zero-order chi connectivity index (χ0) is 20.7. The molecular formula is C26H24N2O2. The summed E-state index contributed by atoms with van der Waals surface area (Å²) >= 11 is 0. The monoisotopic (exact) mass is 396 g/mol. The van der Waals surface area contributed by atoms with E-state index in [2.05, 4.69) is 17.4 Å². The topological polar surface area (TPSA) is 49.4 Å². The number of amides is 2. The second kappa shape index (κ2) is 7.13. The maximum absolute atomic E-state index is 13.0. The van der Waals surface area contributed by atoms with Crippen LogP contribution in [0.5, 0.6) is 0 Å². The summed E-state index contributed by atoms with van der Waals surface area (Å²) in [6.45, 7) is 2.75. The zero-order valence-corrected chi connectivity index (χ0v) is 17.0. The van der Waals surface area contributed by atoms with Crippen molar-refractivity contribution in [3.8, 4) is 0 Å². The van der Waals surface area contributed by atoms with Crippen molar-refractivity contribution in [3.05, 3.63) is 95.1 Å². The molecule has 5 rings (SSSR count). The predicted octanol–water partition coefficient (Wildman–Crippen LogP) is 4.87. The van der Waals surface area contributed by atoms with Gasteiger partial charge in [0.25, 0.3) is 5.91 Å². The fraction of sp³-hybridized carbons (Fsp3) is 0.231. The highest BCUT2D eigenvalue weighted by atomic mass is 16.2. The number of carbonyl (C=O) groups is 2. The lowest BCUT2D eigenvalue weighted by molar-refractivity contribution is -0.118. The molecule has 0 spiro atoms. The highest BCUT2D eigenvalue weighted by molar-refractivity contribution is 6.08. The van der Waals surface area contributed by atoms with Crippen LogP contribution in [0.25, 0.3) is 0 Å². The second-order valence-corrected chi connectivity index (χ2v) is 8.32. The van der Waals surface area contributed by atoms with Crippen LogP contribution in [0.1, 0.15) is 39.9 Å². The predicted molar refractivity (Wildman–Crippen MR) is 119 cm³/mol. The quantitative estimate of drug-likeness (QED) is 0.684. The van der Waals surface area contributed by atoms with Crippen molar-refractivity contribution in [2.75, 3.05) is 16.8 Å². The molecule has 2 amide bonds. The average Bonchev–Trinajstić information content (AvgIpc) is 3.47. The van der Waals surface area contributed by atoms with Gasteiger partial charge in [0.15, 0.2) is 0 Å². The minimum absolute atomic E-state index is 0.00347. The second-order valence-electron chi connectivity index (χ2n) is 8.32. The molecule has 150 valence electrons. The van der Waals surface area contributed by atoms with Gasteiger partial charge >= 0.3 is 0 Å². The number of para-hydroxylation sites is 1. The van der Waals surface area contributed by atoms with Gasteiger partial charge in [0, 0.05) is 23.5 Å². The third-order valence-corrected chi connectivity index (χ3v) is 6.28. The van der Waals surface area contributed by atoms with Crippen LogP contribution in [0.2, 0.25) is 0 Å². The molecule has 1 aliphatic carbocycles. The Labute approximate surface area is 176 Å². The van der Waals surface area contributed by atoms with Crippen LogP contribution in [-0.4, -0.2) is 18.4 Å². The molecule has 0 radical (unpaired) electrons. The van der Waals surface area contributed by atoms with E-state index in [0.717, 1.165) is 41.8 Å². The number of carbonyl (C=O) groups excluding carboxylic acids is 2. The van der Waals surface area contributed by atoms with E-state index in [0.29, 0.717) is 12.1 Å². The van der Waals surface area contributed by atoms with Crippen LogP contribution in [0, 0.1) is 6.92 Å². The van der Waals surface area contributed by atoms with Gasteiger partial charge in [-0.15, -0.1) is 0 Å². The molecule has 0 bridgehead atoms. The third-order valence-electron chi connectivity index (χ3n) is 6.28. The smallest absolute Gasteiger partial charge is 0.258 e. The number of rotatable bonds is 4. The van der Waals surface area contributed by atoms with E-state index < -0.39 is 5.41 Å². The number of hydrogen-bond donors (Lipinski definition) is 1. The highest BCUT2D eigenvalue weighted by Gasteiger charge is 2.51. The van der Waals surface area contributed by atoms with Crippen molar-refractivity contribution in [1.82, 2.24) is 0 Å². The van der Waals surface area contributed by atoms with Crippen LogP contribution < -0.4 is 10.2 Å². The van der Waals surface area contributed by atoms with Crippen LogP contribution in [0.4, 0.5) is 11.4 Å². The first kappa shape index (κ1) is 18.6. The van der Waals surface area contributed by atoms with Gasteiger partial charge < -0.3 is 10.2 Å². The van der Waals surface area contributed by atoms with E-state index >= 15 is 0 Å². The SMILES string of the molecule is Cc1cccc(C2(C(=O)Nc3ccc(C(=O)N4CCc5ccccc54)cc3)CC2)c1. The number of anilines is 2. The Hall–Kier alpha value is -3.40. The van der Waals surface area contributed by atoms with Crippen molar-refractivity contribution in [3.63, 3.8) is 0 Å². The lowest BCUT2D eigenvalue weighted by Gasteiger charge is -2.18. The first-order valence-electron chi connectivity index (χ1n) is 10.5. The number of fused-ring (bicyclic) bond motifs is 1. The summed E-state index contributed by atoms with van der Waals surface area (Å²) in [4.78, 5) is 27.8. The van der Waals surface area contributed by atoms with Crippen LogP contribution in [0.3, 0.4) is 0 Å². The van der Waals surface area contributed by atoms with Crippen LogP contribution >= 0.6 is 0 Å². The van der Waals surface area contributed by atoms with Gasteiger partial charge in [0.2, 0.25) is 5.91 Å². The van der Waals surface area contributed by atoms with Gasteiger partial charge in [-0.2, -0.15) is 0 Å². The van der Waals surface area contributed by atoms with E-state index in [9.17, 15) is 9.59 Å². The average molecular weight is 396 g/mol. The summed E-state index contributed by atoms with van der Waals surface area (Å²) in [6.07, 6.45) is 2.62. The standard InChI is InChI=1S/C26H24N2O2/c1-18-5-4-7-21(17-18)26(14-15-26)25(30)27-22-11-9-20(10-12-22)24(29)28-16-13-19-6-2-3-8-23(19)28/h2-12,17H,13-16H2,1H3,(H,27,30). The number of benzene rings is 3. The summed E-state index contributed by atoms with van der Waals surface area (Å²) in [5.74, 6) is 0.0249. The molecule has 1 N–H and O–H groups in total. The van der Waals surface area contributed by atoms with Gasteiger partial charge in [-0.3, -0.25) is 9.59 Å². The van der Waals surface area contributed by atoms with E-state index in [-0.39, 0.29) is 11.8 Å². The molecule has 0 saturated heterocycles. The molecule has 1 saturated carbocycles. The van der Waals surface area contributed by atoms with Crippen LogP contribution in [0.15, 0.2) is 72.8 Å². The van der Waals surface area contributed by atoms with E-state index in [1.807, 2.05) is 60.4 Å². The van der Waals surface area contributed by atoms with Gasteiger partial charge in [-0.1, -0.05) is 48.0 Å². The number of nitrogens with one attached hydrogen (secondary N) is 1. The van der Waals surface area contributed by atoms with E-state index in [4.69, 9.17) is 0 Å². The molecule has 0 atom stereocenters. The van der Waals surface area contributed by atoms with Gasteiger partial charge in [0.05, 0.1) is 5.41 Å². The molecule has 3 aromatic rings. The fourth-order valence-corrected chi connectivity index (χ4v) is 4.37. The lowest BCUT2D eigenvalue weighted by atomic mass is 9.93. The Morgan fingerprint density at radius 1 is 0.933 bits per heavy atom. The van der Waals surface area contributed by atoms with Crippen molar-refractivity contribution in [1.29, 1.82) is 0 Å². The van der Waals surface area contributed by atoms with Gasteiger partial charge in [0.1, 0.15) is 0 Å². The molecule has 1 heterocycles. The first-order valence-corrected chi connectivity index (χ1v) is 10.5. The normalized spacial score (nSPS) is 16.1. The number of nitrogens with zero attached hydrogens (tertiary/aromatic N) is 1. The summed E-state index contributed by atoms with van der Waals surface area (Å²) in [5.41, 5.74) is 5.38. The Morgan fingerprint density at radius 3 is 2.43 bits per heavy atom. The molecule has 4 heteroatoms. The van der Waals surface area contributed by atoms with E-state index in [1.54, 1.807) is 12.1 Å². The van der Waals surface area contributed by atoms with E-state index in [1.165, 1.54) is 5.56 Å².